The van der Waals surface area contributed by atoms with Gasteiger partial charge < -0.3 is 15.0 Å². The van der Waals surface area contributed by atoms with Crippen LogP contribution in [0.3, 0.4) is 0 Å². The Morgan fingerprint density at radius 1 is 1.27 bits per heavy atom. The third kappa shape index (κ3) is 4.69. The predicted molar refractivity (Wildman–Crippen MR) is 125 cm³/mol. The highest BCUT2D eigenvalue weighted by molar-refractivity contribution is 6.08. The minimum atomic E-state index is -0.749. The van der Waals surface area contributed by atoms with Gasteiger partial charge in [0, 0.05) is 12.1 Å². The summed E-state index contributed by atoms with van der Waals surface area (Å²) >= 11 is 0. The molecule has 0 spiro atoms. The average molecular weight is 456 g/mol. The number of hydrogen-bond acceptors (Lipinski definition) is 7. The van der Waals surface area contributed by atoms with Gasteiger partial charge in [-0.1, -0.05) is 43.6 Å². The summed E-state index contributed by atoms with van der Waals surface area (Å²) in [5, 5.41) is 3.97. The van der Waals surface area contributed by atoms with Gasteiger partial charge in [-0.25, -0.2) is 4.79 Å². The molecule has 0 fully saturated rings. The Hall–Kier alpha value is -3.82. The van der Waals surface area contributed by atoms with E-state index in [0.717, 1.165) is 6.42 Å². The molecule has 2 heterocycles. The average Bonchev–Trinajstić information content (AvgIpc) is 3.18. The van der Waals surface area contributed by atoms with Crippen molar-refractivity contribution in [1.82, 2.24) is 14.7 Å². The number of aryl methyl sites for hydroxylation is 2. The van der Waals surface area contributed by atoms with Crippen LogP contribution in [0.2, 0.25) is 0 Å². The quantitative estimate of drug-likeness (QED) is 0.506. The standard InChI is InChI=1S/C23H29N5O5/c1-5-7-12-27-20(24)19(21(29)25-23(27)31)28(13-15-10-8-9-11-17(15)32-4)22(30)18-14(3)33-26-16(18)6-2/h8-11H,5-7,12-13,24H2,1-4H3,(H,25,29,31). The lowest BCUT2D eigenvalue weighted by Crippen LogP contribution is -2.41. The Morgan fingerprint density at radius 2 is 2.00 bits per heavy atom. The number of benzene rings is 1. The van der Waals surface area contributed by atoms with Gasteiger partial charge in [-0.2, -0.15) is 0 Å². The highest BCUT2D eigenvalue weighted by atomic mass is 16.5. The number of nitrogens with zero attached hydrogens (tertiary/aromatic N) is 3. The summed E-state index contributed by atoms with van der Waals surface area (Å²) in [7, 11) is 1.52. The number of rotatable bonds is 9. The van der Waals surface area contributed by atoms with Crippen molar-refractivity contribution < 1.29 is 14.1 Å². The van der Waals surface area contributed by atoms with Crippen LogP contribution >= 0.6 is 0 Å². The fourth-order valence-corrected chi connectivity index (χ4v) is 3.70. The number of nitrogens with one attached hydrogen (secondary N) is 1. The maximum Gasteiger partial charge on any atom is 0.330 e. The van der Waals surface area contributed by atoms with Crippen LogP contribution in [0, 0.1) is 6.92 Å². The monoisotopic (exact) mass is 455 g/mol. The molecular weight excluding hydrogens is 426 g/mol. The SMILES string of the molecule is CCCCn1c(N)c(N(Cc2ccccc2OC)C(=O)c2c(CC)noc2C)c(=O)[nH]c1=O. The lowest BCUT2D eigenvalue weighted by atomic mass is 10.1. The molecule has 0 saturated heterocycles. The largest absolute Gasteiger partial charge is 0.496 e. The summed E-state index contributed by atoms with van der Waals surface area (Å²) in [4.78, 5) is 42.8. The van der Waals surface area contributed by atoms with Crippen molar-refractivity contribution in [2.75, 3.05) is 17.7 Å². The first-order chi connectivity index (χ1) is 15.8. The zero-order valence-corrected chi connectivity index (χ0v) is 19.3. The molecule has 2 aromatic heterocycles. The molecule has 0 unspecified atom stereocenters. The first-order valence-corrected chi connectivity index (χ1v) is 10.8. The number of ether oxygens (including phenoxy) is 1. The van der Waals surface area contributed by atoms with Crippen molar-refractivity contribution >= 4 is 17.4 Å². The van der Waals surface area contributed by atoms with E-state index in [0.29, 0.717) is 42.2 Å². The number of anilines is 2. The first kappa shape index (κ1) is 23.8. The fourth-order valence-electron chi connectivity index (χ4n) is 3.70. The molecule has 0 radical (unpaired) electrons. The Bertz CT molecular complexity index is 1260. The third-order valence-electron chi connectivity index (χ3n) is 5.47. The van der Waals surface area contributed by atoms with E-state index in [1.807, 2.05) is 13.8 Å². The van der Waals surface area contributed by atoms with Gasteiger partial charge in [0.1, 0.15) is 22.9 Å². The van der Waals surface area contributed by atoms with Crippen LogP contribution in [0.15, 0.2) is 38.4 Å². The van der Waals surface area contributed by atoms with E-state index in [9.17, 15) is 14.4 Å². The Balaban J connectivity index is 2.23. The number of H-pyrrole nitrogens is 1. The van der Waals surface area contributed by atoms with Crippen LogP contribution in [-0.4, -0.2) is 27.7 Å². The van der Waals surface area contributed by atoms with Crippen LogP contribution in [0.4, 0.5) is 11.5 Å². The number of unbranched alkanes of at least 4 members (excludes halogenated alkanes) is 1. The highest BCUT2D eigenvalue weighted by Crippen LogP contribution is 2.28. The molecule has 1 aromatic carbocycles. The molecule has 3 aromatic rings. The number of nitrogens with two attached hydrogens (primary N) is 1. The molecule has 176 valence electrons. The molecule has 0 bridgehead atoms. The van der Waals surface area contributed by atoms with E-state index >= 15 is 0 Å². The van der Waals surface area contributed by atoms with E-state index in [1.54, 1.807) is 31.2 Å². The topological polar surface area (TPSA) is 136 Å². The molecule has 10 nitrogen and oxygen atoms in total. The van der Waals surface area contributed by atoms with Crippen molar-refractivity contribution in [2.24, 2.45) is 0 Å². The Morgan fingerprint density at radius 3 is 2.67 bits per heavy atom. The molecule has 0 saturated carbocycles. The normalized spacial score (nSPS) is 10.9. The Kier molecular flexibility index (Phi) is 7.37. The Labute approximate surface area is 191 Å². The molecule has 0 aliphatic heterocycles. The lowest BCUT2D eigenvalue weighted by molar-refractivity contribution is 0.0982. The number of para-hydroxylation sites is 1. The van der Waals surface area contributed by atoms with E-state index in [2.05, 4.69) is 10.1 Å². The second kappa shape index (κ2) is 10.2. The van der Waals surface area contributed by atoms with E-state index in [1.165, 1.54) is 16.6 Å². The molecule has 0 atom stereocenters. The predicted octanol–water partition coefficient (Wildman–Crippen LogP) is 2.63. The van der Waals surface area contributed by atoms with Gasteiger partial charge >= 0.3 is 5.69 Å². The van der Waals surface area contributed by atoms with Crippen LogP contribution in [0.25, 0.3) is 0 Å². The van der Waals surface area contributed by atoms with Gasteiger partial charge in [-0.3, -0.25) is 24.0 Å². The van der Waals surface area contributed by atoms with E-state index < -0.39 is 17.2 Å². The molecule has 33 heavy (non-hydrogen) atoms. The maximum absolute atomic E-state index is 13.8. The molecule has 3 N–H and O–H groups in total. The number of carbonyl (C=O) groups excluding carboxylic acids is 1. The number of aromatic amines is 1. The maximum atomic E-state index is 13.8. The lowest BCUT2D eigenvalue weighted by Gasteiger charge is -2.25. The van der Waals surface area contributed by atoms with E-state index in [4.69, 9.17) is 15.0 Å². The summed E-state index contributed by atoms with van der Waals surface area (Å²) in [6.07, 6.45) is 1.97. The van der Waals surface area contributed by atoms with Crippen LogP contribution in [-0.2, 0) is 19.5 Å². The summed E-state index contributed by atoms with van der Waals surface area (Å²) < 4.78 is 12.0. The number of hydrogen-bond donors (Lipinski definition) is 2. The molecule has 0 aliphatic rings. The third-order valence-corrected chi connectivity index (χ3v) is 5.47. The van der Waals surface area contributed by atoms with Crippen LogP contribution in [0.5, 0.6) is 5.75 Å². The zero-order valence-electron chi connectivity index (χ0n) is 19.3. The smallest absolute Gasteiger partial charge is 0.330 e. The fraction of sp³-hybridized carbons (Fsp3) is 0.391. The van der Waals surface area contributed by atoms with Crippen LogP contribution in [0.1, 0.15) is 54.1 Å². The molecular formula is C23H29N5O5. The number of amides is 1. The minimum Gasteiger partial charge on any atom is -0.496 e. The van der Waals surface area contributed by atoms with Gasteiger partial charge in [-0.05, 0) is 25.8 Å². The molecule has 0 aliphatic carbocycles. The number of aromatic nitrogens is 3. The molecule has 1 amide bonds. The zero-order chi connectivity index (χ0) is 24.1. The van der Waals surface area contributed by atoms with Crippen molar-refractivity contribution in [1.29, 1.82) is 0 Å². The number of nitrogen functional groups attached to an aromatic ring is 1. The van der Waals surface area contributed by atoms with Gasteiger partial charge in [0.15, 0.2) is 5.69 Å². The summed E-state index contributed by atoms with van der Waals surface area (Å²) in [6, 6.07) is 7.16. The molecule has 10 heteroatoms. The minimum absolute atomic E-state index is 0.0180. The van der Waals surface area contributed by atoms with Gasteiger partial charge in [0.2, 0.25) is 0 Å². The van der Waals surface area contributed by atoms with Crippen molar-refractivity contribution in [3.05, 3.63) is 67.7 Å². The molecule has 3 rings (SSSR count). The number of carbonyl (C=O) groups is 1. The van der Waals surface area contributed by atoms with Gasteiger partial charge in [-0.15, -0.1) is 0 Å². The van der Waals surface area contributed by atoms with Crippen molar-refractivity contribution in [3.63, 3.8) is 0 Å². The summed E-state index contributed by atoms with van der Waals surface area (Å²) in [5.74, 6) is 0.292. The first-order valence-electron chi connectivity index (χ1n) is 10.8. The van der Waals surface area contributed by atoms with Crippen LogP contribution < -0.4 is 26.6 Å². The van der Waals surface area contributed by atoms with Crippen molar-refractivity contribution in [3.8, 4) is 5.75 Å². The summed E-state index contributed by atoms with van der Waals surface area (Å²) in [5.41, 5.74) is 6.25. The number of methoxy groups -OCH3 is 1. The highest BCUT2D eigenvalue weighted by Gasteiger charge is 2.30. The van der Waals surface area contributed by atoms with Crippen molar-refractivity contribution in [2.45, 2.75) is 53.1 Å². The summed E-state index contributed by atoms with van der Waals surface area (Å²) in [6.45, 7) is 5.76. The van der Waals surface area contributed by atoms with Gasteiger partial charge in [0.05, 0.1) is 19.3 Å². The second-order valence-electron chi connectivity index (χ2n) is 7.62. The van der Waals surface area contributed by atoms with Gasteiger partial charge in [0.25, 0.3) is 11.5 Å². The second-order valence-corrected chi connectivity index (χ2v) is 7.62. The van der Waals surface area contributed by atoms with E-state index in [-0.39, 0.29) is 23.6 Å².